The van der Waals surface area contributed by atoms with Crippen molar-refractivity contribution in [3.05, 3.63) is 57.9 Å². The molecule has 8 heteroatoms. The van der Waals surface area contributed by atoms with E-state index in [0.29, 0.717) is 28.7 Å². The molecule has 0 aliphatic heterocycles. The number of carbonyl (C=O) groups excluding carboxylic acids is 2. The second-order valence-electron chi connectivity index (χ2n) is 5.78. The highest BCUT2D eigenvalue weighted by molar-refractivity contribution is 6.32. The number of rotatable bonds is 7. The minimum Gasteiger partial charge on any atom is -0.491 e. The van der Waals surface area contributed by atoms with Crippen LogP contribution in [-0.2, 0) is 4.79 Å². The fourth-order valence-corrected chi connectivity index (χ4v) is 2.74. The summed E-state index contributed by atoms with van der Waals surface area (Å²) in [6.45, 7) is 3.73. The third-order valence-electron chi connectivity index (χ3n) is 3.85. The van der Waals surface area contributed by atoms with E-state index in [4.69, 9.17) is 26.8 Å². The number of primary amides is 1. The third kappa shape index (κ3) is 5.01. The summed E-state index contributed by atoms with van der Waals surface area (Å²) >= 11 is 6.18. The van der Waals surface area contributed by atoms with Crippen molar-refractivity contribution >= 4 is 35.2 Å². The minimum atomic E-state index is -0.790. The predicted octanol–water partition coefficient (Wildman–Crippen LogP) is 3.95. The number of ether oxygens (including phenoxy) is 2. The molecule has 0 spiro atoms. The summed E-state index contributed by atoms with van der Waals surface area (Å²) in [5.41, 5.74) is 6.10. The molecule has 0 fully saturated rings. The SMILES string of the molecule is CCOc1cc(/C=C/C(=O)Nc2cc(C(N)=O)cc(F)c2C)cc(Cl)c1OC. The van der Waals surface area contributed by atoms with Gasteiger partial charge in [0.25, 0.3) is 0 Å². The van der Waals surface area contributed by atoms with E-state index < -0.39 is 17.6 Å². The van der Waals surface area contributed by atoms with Crippen LogP contribution < -0.4 is 20.5 Å². The smallest absolute Gasteiger partial charge is 0.248 e. The Labute approximate surface area is 167 Å². The average molecular weight is 407 g/mol. The maximum atomic E-state index is 13.9. The van der Waals surface area contributed by atoms with Gasteiger partial charge in [0, 0.05) is 22.9 Å². The Bertz CT molecular complexity index is 944. The summed E-state index contributed by atoms with van der Waals surface area (Å²) in [4.78, 5) is 23.5. The van der Waals surface area contributed by atoms with Crippen LogP contribution in [0.3, 0.4) is 0 Å². The fourth-order valence-electron chi connectivity index (χ4n) is 2.44. The van der Waals surface area contributed by atoms with Gasteiger partial charge in [-0.15, -0.1) is 0 Å². The number of methoxy groups -OCH3 is 1. The molecule has 2 amide bonds. The molecule has 0 atom stereocenters. The summed E-state index contributed by atoms with van der Waals surface area (Å²) in [6, 6.07) is 5.64. The monoisotopic (exact) mass is 406 g/mol. The zero-order valence-electron chi connectivity index (χ0n) is 15.6. The lowest BCUT2D eigenvalue weighted by Gasteiger charge is -2.12. The Balaban J connectivity index is 2.24. The molecule has 3 N–H and O–H groups in total. The van der Waals surface area contributed by atoms with Gasteiger partial charge in [0.2, 0.25) is 11.8 Å². The first-order valence-electron chi connectivity index (χ1n) is 8.36. The molecule has 2 aromatic rings. The lowest BCUT2D eigenvalue weighted by molar-refractivity contribution is -0.111. The van der Waals surface area contributed by atoms with Gasteiger partial charge in [-0.05, 0) is 49.8 Å². The van der Waals surface area contributed by atoms with Crippen molar-refractivity contribution in [3.8, 4) is 11.5 Å². The topological polar surface area (TPSA) is 90.6 Å². The van der Waals surface area contributed by atoms with Crippen molar-refractivity contribution < 1.29 is 23.5 Å². The standard InChI is InChI=1S/C20H20ClFN2O4/c1-4-28-17-8-12(7-14(21)19(17)27-3)5-6-18(25)24-16-10-13(20(23)26)9-15(22)11(16)2/h5-10H,4H2,1-3H3,(H2,23,26)(H,24,25)/b6-5+. The van der Waals surface area contributed by atoms with Gasteiger partial charge >= 0.3 is 0 Å². The molecule has 6 nitrogen and oxygen atoms in total. The Morgan fingerprint density at radius 1 is 1.29 bits per heavy atom. The Morgan fingerprint density at radius 2 is 2.00 bits per heavy atom. The van der Waals surface area contributed by atoms with E-state index in [-0.39, 0.29) is 16.8 Å². The van der Waals surface area contributed by atoms with Crippen LogP contribution >= 0.6 is 11.6 Å². The maximum absolute atomic E-state index is 13.9. The quantitative estimate of drug-likeness (QED) is 0.681. The Morgan fingerprint density at radius 3 is 2.61 bits per heavy atom. The van der Waals surface area contributed by atoms with Gasteiger partial charge in [0.05, 0.1) is 18.7 Å². The normalized spacial score (nSPS) is 10.8. The first-order chi connectivity index (χ1) is 13.3. The van der Waals surface area contributed by atoms with Crippen LogP contribution in [0.1, 0.15) is 28.4 Å². The molecular weight excluding hydrogens is 387 g/mol. The first-order valence-corrected chi connectivity index (χ1v) is 8.74. The molecule has 0 saturated heterocycles. The summed E-state index contributed by atoms with van der Waals surface area (Å²) in [5, 5.41) is 2.86. The second kappa shape index (κ2) is 9.23. The van der Waals surface area contributed by atoms with Crippen LogP contribution in [0.15, 0.2) is 30.3 Å². The number of amides is 2. The van der Waals surface area contributed by atoms with Crippen LogP contribution in [0.4, 0.5) is 10.1 Å². The van der Waals surface area contributed by atoms with Gasteiger partial charge in [-0.2, -0.15) is 0 Å². The van der Waals surface area contributed by atoms with E-state index in [0.717, 1.165) is 6.07 Å². The summed E-state index contributed by atoms with van der Waals surface area (Å²) < 4.78 is 24.6. The van der Waals surface area contributed by atoms with Crippen LogP contribution in [0.25, 0.3) is 6.08 Å². The van der Waals surface area contributed by atoms with Crippen LogP contribution in [0, 0.1) is 12.7 Å². The van der Waals surface area contributed by atoms with Gasteiger partial charge in [-0.1, -0.05) is 11.6 Å². The second-order valence-corrected chi connectivity index (χ2v) is 6.19. The largest absolute Gasteiger partial charge is 0.491 e. The molecule has 2 rings (SSSR count). The zero-order valence-corrected chi connectivity index (χ0v) is 16.4. The molecule has 0 aromatic heterocycles. The number of carbonyl (C=O) groups is 2. The molecule has 0 saturated carbocycles. The van der Waals surface area contributed by atoms with E-state index in [1.54, 1.807) is 12.1 Å². The van der Waals surface area contributed by atoms with Gasteiger partial charge in [0.1, 0.15) is 5.82 Å². The minimum absolute atomic E-state index is 0.0364. The number of benzene rings is 2. The summed E-state index contributed by atoms with van der Waals surface area (Å²) in [6.07, 6.45) is 2.77. The lowest BCUT2D eigenvalue weighted by atomic mass is 10.1. The van der Waals surface area contributed by atoms with Crippen molar-refractivity contribution in [2.75, 3.05) is 19.0 Å². The maximum Gasteiger partial charge on any atom is 0.248 e. The van der Waals surface area contributed by atoms with E-state index in [1.165, 1.54) is 32.3 Å². The van der Waals surface area contributed by atoms with E-state index in [2.05, 4.69) is 5.32 Å². The number of hydrogen-bond donors (Lipinski definition) is 2. The molecule has 2 aromatic carbocycles. The van der Waals surface area contributed by atoms with Crippen molar-refractivity contribution in [2.24, 2.45) is 5.73 Å². The van der Waals surface area contributed by atoms with Gasteiger partial charge < -0.3 is 20.5 Å². The van der Waals surface area contributed by atoms with Crippen LogP contribution in [0.2, 0.25) is 5.02 Å². The highest BCUT2D eigenvalue weighted by Gasteiger charge is 2.13. The van der Waals surface area contributed by atoms with Crippen molar-refractivity contribution in [2.45, 2.75) is 13.8 Å². The fraction of sp³-hybridized carbons (Fsp3) is 0.200. The number of nitrogens with two attached hydrogens (primary N) is 1. The van der Waals surface area contributed by atoms with Crippen molar-refractivity contribution in [3.63, 3.8) is 0 Å². The number of anilines is 1. The third-order valence-corrected chi connectivity index (χ3v) is 4.13. The van der Waals surface area contributed by atoms with Gasteiger partial charge in [-0.3, -0.25) is 9.59 Å². The number of halogens is 2. The average Bonchev–Trinajstić information content (AvgIpc) is 2.63. The molecular formula is C20H20ClFN2O4. The molecule has 0 radical (unpaired) electrons. The van der Waals surface area contributed by atoms with E-state index >= 15 is 0 Å². The number of hydrogen-bond acceptors (Lipinski definition) is 4. The highest BCUT2D eigenvalue weighted by atomic mass is 35.5. The van der Waals surface area contributed by atoms with Gasteiger partial charge in [0.15, 0.2) is 11.5 Å². The van der Waals surface area contributed by atoms with E-state index in [9.17, 15) is 14.0 Å². The molecule has 0 heterocycles. The Hall–Kier alpha value is -3.06. The molecule has 0 bridgehead atoms. The highest BCUT2D eigenvalue weighted by Crippen LogP contribution is 2.36. The van der Waals surface area contributed by atoms with Crippen molar-refractivity contribution in [1.29, 1.82) is 0 Å². The summed E-state index contributed by atoms with van der Waals surface area (Å²) in [7, 11) is 1.48. The number of nitrogens with one attached hydrogen (secondary N) is 1. The zero-order chi connectivity index (χ0) is 20.8. The molecule has 0 aliphatic rings. The first kappa shape index (κ1) is 21.2. The van der Waals surface area contributed by atoms with E-state index in [1.807, 2.05) is 6.92 Å². The van der Waals surface area contributed by atoms with Crippen LogP contribution in [-0.4, -0.2) is 25.5 Å². The molecule has 0 aliphatic carbocycles. The molecule has 0 unspecified atom stereocenters. The molecule has 148 valence electrons. The summed E-state index contributed by atoms with van der Waals surface area (Å²) in [5.74, 6) is -1.10. The lowest BCUT2D eigenvalue weighted by Crippen LogP contribution is -2.15. The van der Waals surface area contributed by atoms with Gasteiger partial charge in [-0.25, -0.2) is 4.39 Å². The Kier molecular flexibility index (Phi) is 7.00. The predicted molar refractivity (Wildman–Crippen MR) is 106 cm³/mol. The van der Waals surface area contributed by atoms with Crippen LogP contribution in [0.5, 0.6) is 11.5 Å². The van der Waals surface area contributed by atoms with Crippen molar-refractivity contribution in [1.82, 2.24) is 0 Å². The molecule has 28 heavy (non-hydrogen) atoms.